The zero-order valence-corrected chi connectivity index (χ0v) is 12.7. The molecule has 0 bridgehead atoms. The monoisotopic (exact) mass is 317 g/mol. The van der Waals surface area contributed by atoms with Crippen LogP contribution in [0.25, 0.3) is 0 Å². The molecule has 0 fully saturated rings. The predicted molar refractivity (Wildman–Crippen MR) is 84.4 cm³/mol. The third-order valence-electron chi connectivity index (χ3n) is 3.65. The summed E-state index contributed by atoms with van der Waals surface area (Å²) >= 11 is 1.69. The van der Waals surface area contributed by atoms with Gasteiger partial charge in [-0.2, -0.15) is 0 Å². The lowest BCUT2D eigenvalue weighted by molar-refractivity contribution is -0.121. The summed E-state index contributed by atoms with van der Waals surface area (Å²) in [6, 6.07) is 11.2. The second-order valence-electron chi connectivity index (χ2n) is 5.28. The Kier molecular flexibility index (Phi) is 4.34. The quantitative estimate of drug-likeness (QED) is 0.912. The standard InChI is InChI=1S/C17H16FNO2S/c18-12-3-6-16-14(10-12)15(7-8-22-16)19-17(21)9-11-1-4-13(20)5-2-11/h1-6,10,15,20H,7-9H2,(H,19,21). The molecule has 0 aliphatic carbocycles. The van der Waals surface area contributed by atoms with Crippen LogP contribution in [0.4, 0.5) is 4.39 Å². The van der Waals surface area contributed by atoms with Crippen LogP contribution >= 0.6 is 11.8 Å². The molecule has 1 unspecified atom stereocenters. The van der Waals surface area contributed by atoms with Crippen molar-refractivity contribution in [3.05, 3.63) is 59.4 Å². The highest BCUT2D eigenvalue weighted by molar-refractivity contribution is 7.99. The number of rotatable bonds is 3. The van der Waals surface area contributed by atoms with E-state index in [9.17, 15) is 14.3 Å². The Morgan fingerprint density at radius 3 is 2.82 bits per heavy atom. The van der Waals surface area contributed by atoms with Crippen LogP contribution in [0.2, 0.25) is 0 Å². The minimum atomic E-state index is -0.279. The predicted octanol–water partition coefficient (Wildman–Crippen LogP) is 3.43. The maximum absolute atomic E-state index is 13.4. The van der Waals surface area contributed by atoms with Crippen LogP contribution < -0.4 is 5.32 Å². The number of phenolic OH excluding ortho intramolecular Hbond substituents is 1. The fourth-order valence-electron chi connectivity index (χ4n) is 2.56. The summed E-state index contributed by atoms with van der Waals surface area (Å²) in [5.74, 6) is 0.706. The molecule has 0 saturated heterocycles. The molecular formula is C17H16FNO2S. The van der Waals surface area contributed by atoms with E-state index in [4.69, 9.17) is 0 Å². The van der Waals surface area contributed by atoms with Gasteiger partial charge in [-0.25, -0.2) is 4.39 Å². The number of hydrogen-bond acceptors (Lipinski definition) is 3. The van der Waals surface area contributed by atoms with Crippen LogP contribution in [-0.4, -0.2) is 16.8 Å². The summed E-state index contributed by atoms with van der Waals surface area (Å²) in [7, 11) is 0. The molecule has 1 atom stereocenters. The second kappa shape index (κ2) is 6.40. The number of benzene rings is 2. The highest BCUT2D eigenvalue weighted by Gasteiger charge is 2.22. The molecule has 3 nitrogen and oxygen atoms in total. The third-order valence-corrected chi connectivity index (χ3v) is 4.77. The molecular weight excluding hydrogens is 301 g/mol. The Balaban J connectivity index is 1.70. The molecule has 2 aromatic carbocycles. The number of fused-ring (bicyclic) bond motifs is 1. The highest BCUT2D eigenvalue weighted by Crippen LogP contribution is 2.36. The Labute approximate surface area is 132 Å². The molecule has 5 heteroatoms. The third kappa shape index (κ3) is 3.42. The summed E-state index contributed by atoms with van der Waals surface area (Å²) < 4.78 is 13.4. The lowest BCUT2D eigenvalue weighted by atomic mass is 10.0. The average molecular weight is 317 g/mol. The molecule has 0 radical (unpaired) electrons. The lowest BCUT2D eigenvalue weighted by Crippen LogP contribution is -2.31. The van der Waals surface area contributed by atoms with Crippen LogP contribution in [0.1, 0.15) is 23.6 Å². The number of nitrogens with one attached hydrogen (secondary N) is 1. The van der Waals surface area contributed by atoms with Crippen LogP contribution in [0, 0.1) is 5.82 Å². The molecule has 1 heterocycles. The maximum Gasteiger partial charge on any atom is 0.224 e. The van der Waals surface area contributed by atoms with Crippen molar-refractivity contribution in [3.8, 4) is 5.75 Å². The summed E-state index contributed by atoms with van der Waals surface area (Å²) in [5.41, 5.74) is 1.69. The largest absolute Gasteiger partial charge is 0.508 e. The first-order valence-corrected chi connectivity index (χ1v) is 8.10. The average Bonchev–Trinajstić information content (AvgIpc) is 2.50. The first kappa shape index (κ1) is 14.9. The number of thioether (sulfide) groups is 1. The van der Waals surface area contributed by atoms with Crippen molar-refractivity contribution in [2.24, 2.45) is 0 Å². The Morgan fingerprint density at radius 2 is 2.05 bits per heavy atom. The first-order valence-electron chi connectivity index (χ1n) is 7.11. The SMILES string of the molecule is O=C(Cc1ccc(O)cc1)NC1CCSc2ccc(F)cc21. The van der Waals surface area contributed by atoms with E-state index < -0.39 is 0 Å². The van der Waals surface area contributed by atoms with Gasteiger partial charge in [-0.1, -0.05) is 12.1 Å². The van der Waals surface area contributed by atoms with Crippen molar-refractivity contribution >= 4 is 17.7 Å². The van der Waals surface area contributed by atoms with Gasteiger partial charge in [0.2, 0.25) is 5.91 Å². The Hall–Kier alpha value is -2.01. The van der Waals surface area contributed by atoms with Gasteiger partial charge in [0.1, 0.15) is 11.6 Å². The number of aromatic hydroxyl groups is 1. The molecule has 22 heavy (non-hydrogen) atoms. The number of amides is 1. The van der Waals surface area contributed by atoms with Gasteiger partial charge < -0.3 is 10.4 Å². The zero-order chi connectivity index (χ0) is 15.5. The van der Waals surface area contributed by atoms with E-state index in [2.05, 4.69) is 5.32 Å². The van der Waals surface area contributed by atoms with Crippen LogP contribution in [0.15, 0.2) is 47.4 Å². The van der Waals surface area contributed by atoms with Crippen molar-refractivity contribution < 1.29 is 14.3 Å². The van der Waals surface area contributed by atoms with E-state index in [0.717, 1.165) is 28.2 Å². The van der Waals surface area contributed by atoms with Gasteiger partial charge in [0.25, 0.3) is 0 Å². The van der Waals surface area contributed by atoms with Gasteiger partial charge >= 0.3 is 0 Å². The molecule has 2 aromatic rings. The van der Waals surface area contributed by atoms with Gasteiger partial charge in [-0.15, -0.1) is 11.8 Å². The summed E-state index contributed by atoms with van der Waals surface area (Å²) in [6.07, 6.45) is 1.04. The highest BCUT2D eigenvalue weighted by atomic mass is 32.2. The normalized spacial score (nSPS) is 16.9. The molecule has 114 valence electrons. The summed E-state index contributed by atoms with van der Waals surface area (Å²) in [5, 5.41) is 12.2. The molecule has 1 aliphatic rings. The molecule has 0 spiro atoms. The first-order chi connectivity index (χ1) is 10.6. The smallest absolute Gasteiger partial charge is 0.224 e. The van der Waals surface area contributed by atoms with E-state index in [1.54, 1.807) is 42.1 Å². The van der Waals surface area contributed by atoms with E-state index >= 15 is 0 Å². The Bertz CT molecular complexity index is 688. The van der Waals surface area contributed by atoms with Crippen molar-refractivity contribution in [1.82, 2.24) is 5.32 Å². The number of halogens is 1. The van der Waals surface area contributed by atoms with E-state index in [-0.39, 0.29) is 29.9 Å². The molecule has 2 N–H and O–H groups in total. The molecule has 0 aromatic heterocycles. The van der Waals surface area contributed by atoms with Gasteiger partial charge in [0.05, 0.1) is 12.5 Å². The van der Waals surface area contributed by atoms with Crippen LogP contribution in [0.5, 0.6) is 5.75 Å². The van der Waals surface area contributed by atoms with Gasteiger partial charge in [0.15, 0.2) is 0 Å². The van der Waals surface area contributed by atoms with E-state index in [1.165, 1.54) is 12.1 Å². The topological polar surface area (TPSA) is 49.3 Å². The van der Waals surface area contributed by atoms with Gasteiger partial charge in [0, 0.05) is 10.6 Å². The van der Waals surface area contributed by atoms with E-state index in [0.29, 0.717) is 0 Å². The summed E-state index contributed by atoms with van der Waals surface area (Å²) in [4.78, 5) is 13.2. The molecule has 1 amide bonds. The molecule has 1 aliphatic heterocycles. The summed E-state index contributed by atoms with van der Waals surface area (Å²) in [6.45, 7) is 0. The number of phenols is 1. The minimum Gasteiger partial charge on any atom is -0.508 e. The van der Waals surface area contributed by atoms with Crippen molar-refractivity contribution in [2.45, 2.75) is 23.8 Å². The number of carbonyl (C=O) groups excluding carboxylic acids is 1. The molecule has 0 saturated carbocycles. The van der Waals surface area contributed by atoms with E-state index in [1.807, 2.05) is 0 Å². The van der Waals surface area contributed by atoms with Crippen LogP contribution in [-0.2, 0) is 11.2 Å². The van der Waals surface area contributed by atoms with Gasteiger partial charge in [-0.3, -0.25) is 4.79 Å². The fourth-order valence-corrected chi connectivity index (χ4v) is 3.67. The zero-order valence-electron chi connectivity index (χ0n) is 11.9. The fraction of sp³-hybridized carbons (Fsp3) is 0.235. The van der Waals surface area contributed by atoms with Crippen molar-refractivity contribution in [1.29, 1.82) is 0 Å². The maximum atomic E-state index is 13.4. The number of carbonyl (C=O) groups is 1. The van der Waals surface area contributed by atoms with Gasteiger partial charge in [-0.05, 0) is 47.9 Å². The van der Waals surface area contributed by atoms with Crippen molar-refractivity contribution in [2.75, 3.05) is 5.75 Å². The minimum absolute atomic E-state index is 0.0993. The number of hydrogen-bond donors (Lipinski definition) is 2. The molecule has 3 rings (SSSR count). The van der Waals surface area contributed by atoms with Crippen LogP contribution in [0.3, 0.4) is 0 Å². The lowest BCUT2D eigenvalue weighted by Gasteiger charge is -2.26. The Morgan fingerprint density at radius 1 is 1.27 bits per heavy atom. The second-order valence-corrected chi connectivity index (χ2v) is 6.42. The van der Waals surface area contributed by atoms with Crippen molar-refractivity contribution in [3.63, 3.8) is 0 Å².